The van der Waals surface area contributed by atoms with Crippen molar-refractivity contribution in [3.05, 3.63) is 42.2 Å². The maximum atomic E-state index is 12.7. The molecule has 4 aliphatic rings. The highest BCUT2D eigenvalue weighted by Gasteiger charge is 2.73. The van der Waals surface area contributed by atoms with Crippen molar-refractivity contribution >= 4 is 17.7 Å². The van der Waals surface area contributed by atoms with E-state index in [1.807, 2.05) is 0 Å². The van der Waals surface area contributed by atoms with Crippen molar-refractivity contribution in [2.75, 3.05) is 0 Å². The van der Waals surface area contributed by atoms with Gasteiger partial charge in [-0.15, -0.1) is 0 Å². The van der Waals surface area contributed by atoms with E-state index in [2.05, 4.69) is 22.6 Å². The molecule has 5 rings (SSSR count). The zero-order valence-corrected chi connectivity index (χ0v) is 12.3. The van der Waals surface area contributed by atoms with Crippen molar-refractivity contribution in [3.63, 3.8) is 0 Å². The zero-order valence-electron chi connectivity index (χ0n) is 12.3. The van der Waals surface area contributed by atoms with Crippen LogP contribution in [0.4, 0.5) is 0 Å². The molecule has 116 valence electrons. The largest absolute Gasteiger partial charge is 0.272 e. The third-order valence-corrected chi connectivity index (χ3v) is 5.99. The third-order valence-electron chi connectivity index (χ3n) is 5.99. The number of carbonyl (C=O) groups is 3. The molecule has 2 bridgehead atoms. The summed E-state index contributed by atoms with van der Waals surface area (Å²) in [6.45, 7) is 0. The molecule has 1 N–H and O–H groups in total. The second kappa shape index (κ2) is 4.07. The first kappa shape index (κ1) is 13.0. The lowest BCUT2D eigenvalue weighted by atomic mass is 9.85. The summed E-state index contributed by atoms with van der Waals surface area (Å²) in [5, 5.41) is 0.937. The highest BCUT2D eigenvalue weighted by Crippen LogP contribution is 2.73. The number of carbonyl (C=O) groups excluding carboxylic acids is 3. The van der Waals surface area contributed by atoms with Gasteiger partial charge in [0.05, 0.1) is 17.4 Å². The molecular formula is C17H15N3O3. The summed E-state index contributed by atoms with van der Waals surface area (Å²) in [7, 11) is 0. The van der Waals surface area contributed by atoms with Gasteiger partial charge in [0, 0.05) is 12.4 Å². The Morgan fingerprint density at radius 3 is 2.35 bits per heavy atom. The number of hydrazine groups is 1. The van der Waals surface area contributed by atoms with Crippen molar-refractivity contribution < 1.29 is 14.4 Å². The van der Waals surface area contributed by atoms with Crippen LogP contribution in [0.1, 0.15) is 23.2 Å². The van der Waals surface area contributed by atoms with E-state index in [4.69, 9.17) is 0 Å². The molecule has 4 atom stereocenters. The lowest BCUT2D eigenvalue weighted by molar-refractivity contribution is -0.144. The van der Waals surface area contributed by atoms with E-state index in [0.29, 0.717) is 5.56 Å². The van der Waals surface area contributed by atoms with Gasteiger partial charge in [0.15, 0.2) is 0 Å². The molecule has 0 aromatic carbocycles. The van der Waals surface area contributed by atoms with E-state index >= 15 is 0 Å². The van der Waals surface area contributed by atoms with Crippen molar-refractivity contribution in [2.24, 2.45) is 29.1 Å². The summed E-state index contributed by atoms with van der Waals surface area (Å²) >= 11 is 0. The summed E-state index contributed by atoms with van der Waals surface area (Å²) in [4.78, 5) is 41.5. The summed E-state index contributed by atoms with van der Waals surface area (Å²) in [6.07, 6.45) is 9.39. The summed E-state index contributed by atoms with van der Waals surface area (Å²) in [5.41, 5.74) is 2.96. The van der Waals surface area contributed by atoms with E-state index in [0.717, 1.165) is 17.9 Å². The van der Waals surface area contributed by atoms with Crippen LogP contribution in [0.25, 0.3) is 0 Å². The monoisotopic (exact) mass is 309 g/mol. The van der Waals surface area contributed by atoms with Crippen LogP contribution in [-0.2, 0) is 9.59 Å². The lowest BCUT2D eigenvalue weighted by Gasteiger charge is -2.21. The molecule has 2 saturated carbocycles. The molecule has 3 amide bonds. The summed E-state index contributed by atoms with van der Waals surface area (Å²) in [6, 6.07) is 3.23. The van der Waals surface area contributed by atoms with Crippen LogP contribution in [0.2, 0.25) is 0 Å². The number of hydrogen-bond acceptors (Lipinski definition) is 4. The maximum Gasteiger partial charge on any atom is 0.271 e. The topological polar surface area (TPSA) is 79.4 Å². The zero-order chi connectivity index (χ0) is 15.8. The molecule has 6 heteroatoms. The summed E-state index contributed by atoms with van der Waals surface area (Å²) < 4.78 is 0. The number of aromatic nitrogens is 1. The van der Waals surface area contributed by atoms with Gasteiger partial charge in [-0.05, 0) is 42.2 Å². The average molecular weight is 309 g/mol. The van der Waals surface area contributed by atoms with Gasteiger partial charge < -0.3 is 0 Å². The Morgan fingerprint density at radius 2 is 1.83 bits per heavy atom. The Balaban J connectivity index is 1.42. The molecule has 1 aromatic rings. The average Bonchev–Trinajstić information content (AvgIpc) is 3.18. The number of imide groups is 1. The smallest absolute Gasteiger partial charge is 0.271 e. The number of nitrogens with one attached hydrogen (secondary N) is 1. The minimum Gasteiger partial charge on any atom is -0.272 e. The number of allylic oxidation sites excluding steroid dienone is 2. The Labute approximate surface area is 132 Å². The van der Waals surface area contributed by atoms with Crippen LogP contribution in [-0.4, -0.2) is 27.7 Å². The Kier molecular flexibility index (Phi) is 2.30. The Hall–Kier alpha value is -2.50. The summed E-state index contributed by atoms with van der Waals surface area (Å²) in [5.74, 6) is -1.28. The van der Waals surface area contributed by atoms with Gasteiger partial charge in [-0.1, -0.05) is 12.2 Å². The van der Waals surface area contributed by atoms with Gasteiger partial charge in [0.2, 0.25) is 0 Å². The minimum atomic E-state index is -0.485. The van der Waals surface area contributed by atoms with Crippen LogP contribution in [0.3, 0.4) is 0 Å². The highest BCUT2D eigenvalue weighted by atomic mass is 16.2. The molecule has 3 aliphatic carbocycles. The fraction of sp³-hybridized carbons (Fsp3) is 0.412. The lowest BCUT2D eigenvalue weighted by Crippen LogP contribution is -2.47. The van der Waals surface area contributed by atoms with Crippen molar-refractivity contribution in [1.29, 1.82) is 0 Å². The van der Waals surface area contributed by atoms with Gasteiger partial charge in [-0.25, -0.2) is 0 Å². The first-order chi connectivity index (χ1) is 11.1. The maximum absolute atomic E-state index is 12.7. The molecule has 23 heavy (non-hydrogen) atoms. The van der Waals surface area contributed by atoms with Crippen LogP contribution >= 0.6 is 0 Å². The molecule has 1 spiro atoms. The van der Waals surface area contributed by atoms with Crippen molar-refractivity contribution in [2.45, 2.75) is 12.8 Å². The highest BCUT2D eigenvalue weighted by molar-refractivity contribution is 6.09. The molecule has 1 aromatic heterocycles. The molecule has 2 heterocycles. The first-order valence-corrected chi connectivity index (χ1v) is 7.91. The quantitative estimate of drug-likeness (QED) is 0.651. The van der Waals surface area contributed by atoms with E-state index in [1.54, 1.807) is 18.3 Å². The molecule has 1 saturated heterocycles. The number of nitrogens with zero attached hydrogens (tertiary/aromatic N) is 2. The van der Waals surface area contributed by atoms with E-state index in [9.17, 15) is 14.4 Å². The van der Waals surface area contributed by atoms with E-state index in [1.165, 1.54) is 6.20 Å². The van der Waals surface area contributed by atoms with E-state index in [-0.39, 0.29) is 40.9 Å². The predicted molar refractivity (Wildman–Crippen MR) is 78.3 cm³/mol. The molecule has 0 unspecified atom stereocenters. The van der Waals surface area contributed by atoms with Gasteiger partial charge in [0.1, 0.15) is 0 Å². The third kappa shape index (κ3) is 1.48. The van der Waals surface area contributed by atoms with Crippen molar-refractivity contribution in [3.8, 4) is 0 Å². The normalized spacial score (nSPS) is 35.0. The van der Waals surface area contributed by atoms with Gasteiger partial charge in [-0.2, -0.15) is 5.01 Å². The van der Waals surface area contributed by atoms with Gasteiger partial charge in [-0.3, -0.25) is 24.8 Å². The standard InChI is InChI=1S/C17H15N3O3/c21-14(9-2-1-7-18-8-9)19-20-15(22)12-10-3-4-11(13(12)16(20)23)17(10)5-6-17/h1-4,7-8,10-13H,5-6H2,(H,19,21)/t10-,11+,12-,13-/m0/s1. The van der Waals surface area contributed by atoms with Crippen LogP contribution < -0.4 is 5.43 Å². The van der Waals surface area contributed by atoms with Gasteiger partial charge in [0.25, 0.3) is 17.7 Å². The fourth-order valence-corrected chi connectivity index (χ4v) is 4.85. The SMILES string of the molecule is O=C(NN1C(=O)[C@@H]2[C@@H](C1=O)[C@@H]1C=C[C@H]2C12CC2)c1cccnc1. The van der Waals surface area contributed by atoms with Gasteiger partial charge >= 0.3 is 0 Å². The number of rotatable bonds is 2. The van der Waals surface area contributed by atoms with Crippen LogP contribution in [0.15, 0.2) is 36.7 Å². The number of fused-ring (bicyclic) bond motifs is 3. The Morgan fingerprint density at radius 1 is 1.17 bits per heavy atom. The predicted octanol–water partition coefficient (Wildman–Crippen LogP) is 0.924. The fourth-order valence-electron chi connectivity index (χ4n) is 4.85. The Bertz CT molecular complexity index is 735. The number of amides is 3. The minimum absolute atomic E-state index is 0.161. The number of pyridine rings is 1. The second-order valence-electron chi connectivity index (χ2n) is 6.92. The van der Waals surface area contributed by atoms with Crippen molar-refractivity contribution in [1.82, 2.24) is 15.4 Å². The molecule has 6 nitrogen and oxygen atoms in total. The molecule has 1 aliphatic heterocycles. The second-order valence-corrected chi connectivity index (χ2v) is 6.92. The molecule has 3 fully saturated rings. The number of hydrogen-bond donors (Lipinski definition) is 1. The van der Waals surface area contributed by atoms with Crippen LogP contribution in [0.5, 0.6) is 0 Å². The molecular weight excluding hydrogens is 294 g/mol. The molecule has 0 radical (unpaired) electrons. The van der Waals surface area contributed by atoms with E-state index < -0.39 is 5.91 Å². The first-order valence-electron chi connectivity index (χ1n) is 7.91. The van der Waals surface area contributed by atoms with Crippen LogP contribution in [0, 0.1) is 29.1 Å².